The largest absolute Gasteiger partial charge is 0.380 e. The number of likely N-dealkylation sites (N-methyl/N-ethyl adjacent to an activating group) is 1. The van der Waals surface area contributed by atoms with Gasteiger partial charge in [0.05, 0.1) is 6.61 Å². The highest BCUT2D eigenvalue weighted by atomic mass is 16.5. The van der Waals surface area contributed by atoms with Crippen LogP contribution in [0.4, 0.5) is 0 Å². The maximum absolute atomic E-state index is 5.41. The minimum Gasteiger partial charge on any atom is -0.380 e. The molecule has 2 unspecified atom stereocenters. The lowest BCUT2D eigenvalue weighted by Gasteiger charge is -2.34. The van der Waals surface area contributed by atoms with Crippen molar-refractivity contribution in [3.63, 3.8) is 0 Å². The number of nitrogens with one attached hydrogen (secondary N) is 1. The molecule has 0 amide bonds. The van der Waals surface area contributed by atoms with Gasteiger partial charge in [-0.05, 0) is 39.3 Å². The Balaban J connectivity index is 2.25. The molecule has 102 valence electrons. The molecule has 0 aromatic rings. The lowest BCUT2D eigenvalue weighted by atomic mass is 9.84. The minimum absolute atomic E-state index is 0.739. The van der Waals surface area contributed by atoms with Gasteiger partial charge in [0.25, 0.3) is 0 Å². The van der Waals surface area contributed by atoms with E-state index < -0.39 is 0 Å². The predicted molar refractivity (Wildman–Crippen MR) is 73.4 cm³/mol. The molecule has 3 nitrogen and oxygen atoms in total. The summed E-state index contributed by atoms with van der Waals surface area (Å²) in [5.74, 6) is 0.829. The third kappa shape index (κ3) is 5.84. The summed E-state index contributed by atoms with van der Waals surface area (Å²) in [7, 11) is 2.22. The van der Waals surface area contributed by atoms with Crippen molar-refractivity contribution in [3.05, 3.63) is 0 Å². The fourth-order valence-corrected chi connectivity index (χ4v) is 2.81. The van der Waals surface area contributed by atoms with Crippen molar-refractivity contribution in [2.75, 3.05) is 39.9 Å². The first-order chi connectivity index (χ1) is 8.27. The zero-order valence-electron chi connectivity index (χ0n) is 11.9. The third-order valence-electron chi connectivity index (χ3n) is 3.74. The van der Waals surface area contributed by atoms with Crippen LogP contribution in [0.1, 0.15) is 39.5 Å². The van der Waals surface area contributed by atoms with Gasteiger partial charge in [-0.3, -0.25) is 0 Å². The van der Waals surface area contributed by atoms with E-state index in [2.05, 4.69) is 31.1 Å². The fraction of sp³-hybridized carbons (Fsp3) is 1.00. The molecule has 3 heteroatoms. The Labute approximate surface area is 107 Å². The first kappa shape index (κ1) is 14.9. The van der Waals surface area contributed by atoms with Crippen molar-refractivity contribution in [3.8, 4) is 0 Å². The molecule has 0 aromatic carbocycles. The van der Waals surface area contributed by atoms with Crippen LogP contribution in [0.15, 0.2) is 0 Å². The van der Waals surface area contributed by atoms with E-state index in [9.17, 15) is 0 Å². The Morgan fingerprint density at radius 2 is 2.00 bits per heavy atom. The van der Waals surface area contributed by atoms with Crippen molar-refractivity contribution in [1.82, 2.24) is 10.2 Å². The molecule has 1 N–H and O–H groups in total. The molecule has 1 fully saturated rings. The highest BCUT2D eigenvalue weighted by molar-refractivity contribution is 4.82. The van der Waals surface area contributed by atoms with Gasteiger partial charge < -0.3 is 15.0 Å². The van der Waals surface area contributed by atoms with Crippen LogP contribution in [0.3, 0.4) is 0 Å². The highest BCUT2D eigenvalue weighted by Crippen LogP contribution is 2.24. The fourth-order valence-electron chi connectivity index (χ4n) is 2.81. The van der Waals surface area contributed by atoms with Crippen LogP contribution in [0, 0.1) is 5.92 Å². The molecule has 0 aromatic heterocycles. The summed E-state index contributed by atoms with van der Waals surface area (Å²) in [5.41, 5.74) is 0. The maximum Gasteiger partial charge on any atom is 0.0593 e. The Hall–Kier alpha value is -0.120. The van der Waals surface area contributed by atoms with Crippen molar-refractivity contribution in [2.45, 2.75) is 45.6 Å². The summed E-state index contributed by atoms with van der Waals surface area (Å²) < 4.78 is 5.41. The number of hydrogen-bond acceptors (Lipinski definition) is 3. The van der Waals surface area contributed by atoms with Crippen LogP contribution in [-0.2, 0) is 4.74 Å². The summed E-state index contributed by atoms with van der Waals surface area (Å²) in [6.07, 6.45) is 5.55. The smallest absolute Gasteiger partial charge is 0.0593 e. The second-order valence-corrected chi connectivity index (χ2v) is 5.17. The topological polar surface area (TPSA) is 24.5 Å². The molecule has 0 bridgehead atoms. The molecule has 1 aliphatic carbocycles. The molecule has 2 atom stereocenters. The summed E-state index contributed by atoms with van der Waals surface area (Å²) >= 11 is 0. The zero-order chi connectivity index (χ0) is 12.5. The second-order valence-electron chi connectivity index (χ2n) is 5.17. The van der Waals surface area contributed by atoms with Gasteiger partial charge in [0.15, 0.2) is 0 Å². The van der Waals surface area contributed by atoms with Gasteiger partial charge in [-0.1, -0.05) is 19.8 Å². The van der Waals surface area contributed by atoms with Gasteiger partial charge >= 0.3 is 0 Å². The van der Waals surface area contributed by atoms with Crippen molar-refractivity contribution in [2.24, 2.45) is 5.92 Å². The third-order valence-corrected chi connectivity index (χ3v) is 3.74. The molecule has 0 radical (unpaired) electrons. The van der Waals surface area contributed by atoms with E-state index >= 15 is 0 Å². The maximum atomic E-state index is 5.41. The van der Waals surface area contributed by atoms with E-state index in [1.54, 1.807) is 0 Å². The van der Waals surface area contributed by atoms with E-state index in [1.807, 2.05) is 0 Å². The predicted octanol–water partition coefficient (Wildman–Crippen LogP) is 2.12. The molecular formula is C14H30N2O. The SMILES string of the molecule is CCNC1CCCCC1CN(C)CCOCC. The Morgan fingerprint density at radius 3 is 2.71 bits per heavy atom. The lowest BCUT2D eigenvalue weighted by Crippen LogP contribution is -2.43. The second kappa shape index (κ2) is 8.90. The molecule has 1 rings (SSSR count). The quantitative estimate of drug-likeness (QED) is 0.660. The van der Waals surface area contributed by atoms with Gasteiger partial charge in [-0.15, -0.1) is 0 Å². The van der Waals surface area contributed by atoms with Gasteiger partial charge in [0.1, 0.15) is 0 Å². The molecule has 1 saturated carbocycles. The summed E-state index contributed by atoms with van der Waals surface area (Å²) in [4.78, 5) is 2.43. The van der Waals surface area contributed by atoms with Crippen LogP contribution in [0.5, 0.6) is 0 Å². The highest BCUT2D eigenvalue weighted by Gasteiger charge is 2.24. The van der Waals surface area contributed by atoms with Crippen LogP contribution < -0.4 is 5.32 Å². The lowest BCUT2D eigenvalue weighted by molar-refractivity contribution is 0.108. The number of nitrogens with zero attached hydrogens (tertiary/aromatic N) is 1. The average molecular weight is 242 g/mol. The summed E-state index contributed by atoms with van der Waals surface area (Å²) in [6.45, 7) is 9.34. The van der Waals surface area contributed by atoms with E-state index in [4.69, 9.17) is 4.74 Å². The van der Waals surface area contributed by atoms with Crippen molar-refractivity contribution >= 4 is 0 Å². The first-order valence-electron chi connectivity index (χ1n) is 7.27. The van der Waals surface area contributed by atoms with Crippen LogP contribution >= 0.6 is 0 Å². The number of rotatable bonds is 8. The van der Waals surface area contributed by atoms with Crippen LogP contribution in [-0.4, -0.2) is 50.8 Å². The standard InChI is InChI=1S/C14H30N2O/c1-4-15-14-9-7-6-8-13(14)12-16(3)10-11-17-5-2/h13-15H,4-12H2,1-3H3. The number of ether oxygens (including phenoxy) is 1. The number of hydrogen-bond donors (Lipinski definition) is 1. The molecule has 0 spiro atoms. The van der Waals surface area contributed by atoms with Crippen molar-refractivity contribution < 1.29 is 4.74 Å². The van der Waals surface area contributed by atoms with E-state index in [0.29, 0.717) is 0 Å². The van der Waals surface area contributed by atoms with Gasteiger partial charge in [0.2, 0.25) is 0 Å². The Bertz CT molecular complexity index is 185. The minimum atomic E-state index is 0.739. The molecule has 0 heterocycles. The molecular weight excluding hydrogens is 212 g/mol. The summed E-state index contributed by atoms with van der Waals surface area (Å²) in [5, 5.41) is 3.65. The Kier molecular flexibility index (Phi) is 7.82. The average Bonchev–Trinajstić information content (AvgIpc) is 2.32. The van der Waals surface area contributed by atoms with Crippen LogP contribution in [0.2, 0.25) is 0 Å². The normalized spacial score (nSPS) is 25.4. The zero-order valence-corrected chi connectivity index (χ0v) is 11.9. The summed E-state index contributed by atoms with van der Waals surface area (Å²) in [6, 6.07) is 0.739. The first-order valence-corrected chi connectivity index (χ1v) is 7.27. The van der Waals surface area contributed by atoms with E-state index in [0.717, 1.165) is 38.3 Å². The monoisotopic (exact) mass is 242 g/mol. The molecule has 17 heavy (non-hydrogen) atoms. The van der Waals surface area contributed by atoms with Crippen LogP contribution in [0.25, 0.3) is 0 Å². The molecule has 1 aliphatic rings. The van der Waals surface area contributed by atoms with Gasteiger partial charge in [-0.2, -0.15) is 0 Å². The molecule has 0 aliphatic heterocycles. The van der Waals surface area contributed by atoms with E-state index in [1.165, 1.54) is 32.2 Å². The van der Waals surface area contributed by atoms with Gasteiger partial charge in [0, 0.05) is 25.7 Å². The Morgan fingerprint density at radius 1 is 1.24 bits per heavy atom. The van der Waals surface area contributed by atoms with Crippen molar-refractivity contribution in [1.29, 1.82) is 0 Å². The van der Waals surface area contributed by atoms with E-state index in [-0.39, 0.29) is 0 Å². The van der Waals surface area contributed by atoms with Gasteiger partial charge in [-0.25, -0.2) is 0 Å². The molecule has 0 saturated heterocycles.